The van der Waals surface area contributed by atoms with Gasteiger partial charge in [-0.2, -0.15) is 16.4 Å². The number of anilines is 1. The van der Waals surface area contributed by atoms with E-state index in [1.54, 1.807) is 40.5 Å². The van der Waals surface area contributed by atoms with E-state index in [-0.39, 0.29) is 11.8 Å². The van der Waals surface area contributed by atoms with Crippen molar-refractivity contribution in [3.8, 4) is 0 Å². The number of hydrogen-bond acceptors (Lipinski definition) is 4. The fourth-order valence-corrected chi connectivity index (χ4v) is 2.89. The summed E-state index contributed by atoms with van der Waals surface area (Å²) in [6, 6.07) is 1.29. The van der Waals surface area contributed by atoms with Crippen LogP contribution in [0.2, 0.25) is 0 Å². The molecule has 0 unspecified atom stereocenters. The van der Waals surface area contributed by atoms with E-state index < -0.39 is 6.04 Å². The number of aromatic nitrogens is 2. The van der Waals surface area contributed by atoms with Crippen molar-refractivity contribution in [1.82, 2.24) is 15.1 Å². The lowest BCUT2D eigenvalue weighted by atomic mass is 10.2. The Morgan fingerprint density at radius 2 is 2.40 bits per heavy atom. The molecule has 3 heterocycles. The molecule has 2 amide bonds. The van der Waals surface area contributed by atoms with E-state index in [0.717, 1.165) is 5.69 Å². The fraction of sp³-hybridized carbons (Fsp3) is 0.308. The van der Waals surface area contributed by atoms with Gasteiger partial charge in [-0.05, 0) is 17.9 Å². The first kappa shape index (κ1) is 12.9. The standard InChI is InChI=1S/C13H14N4O2S/c1-16-7-10(6-14-16)17-4-2-11(13(17)19)15-12(18)9-3-5-20-8-9/h3,5-8,11H,2,4H2,1H3,(H,15,18)/t11-/m1/s1. The highest BCUT2D eigenvalue weighted by Gasteiger charge is 2.34. The van der Waals surface area contributed by atoms with E-state index in [1.165, 1.54) is 11.3 Å². The minimum absolute atomic E-state index is 0.0819. The Hall–Kier alpha value is -2.15. The number of carbonyl (C=O) groups excluding carboxylic acids is 2. The molecule has 2 aromatic heterocycles. The molecule has 6 nitrogen and oxygen atoms in total. The smallest absolute Gasteiger partial charge is 0.252 e. The number of rotatable bonds is 3. The number of amides is 2. The van der Waals surface area contributed by atoms with E-state index in [9.17, 15) is 9.59 Å². The monoisotopic (exact) mass is 290 g/mol. The first-order chi connectivity index (χ1) is 9.65. The van der Waals surface area contributed by atoms with Crippen LogP contribution >= 0.6 is 11.3 Å². The third kappa shape index (κ3) is 2.32. The van der Waals surface area contributed by atoms with Crippen LogP contribution in [0.15, 0.2) is 29.2 Å². The second-order valence-electron chi connectivity index (χ2n) is 4.69. The summed E-state index contributed by atoms with van der Waals surface area (Å²) < 4.78 is 1.65. The molecule has 3 rings (SSSR count). The third-order valence-corrected chi connectivity index (χ3v) is 3.98. The largest absolute Gasteiger partial charge is 0.340 e. The van der Waals surface area contributed by atoms with Crippen molar-refractivity contribution >= 4 is 28.8 Å². The molecule has 0 saturated carbocycles. The Morgan fingerprint density at radius 1 is 1.55 bits per heavy atom. The molecule has 20 heavy (non-hydrogen) atoms. The average Bonchev–Trinajstić information content (AvgIpc) is 3.12. The molecule has 7 heteroatoms. The summed E-state index contributed by atoms with van der Waals surface area (Å²) in [5.41, 5.74) is 1.37. The van der Waals surface area contributed by atoms with E-state index in [1.807, 2.05) is 5.38 Å². The Kier molecular flexibility index (Phi) is 3.27. The van der Waals surface area contributed by atoms with Crippen molar-refractivity contribution in [1.29, 1.82) is 0 Å². The highest BCUT2D eigenvalue weighted by atomic mass is 32.1. The minimum Gasteiger partial charge on any atom is -0.340 e. The van der Waals surface area contributed by atoms with Gasteiger partial charge < -0.3 is 10.2 Å². The van der Waals surface area contributed by atoms with Crippen LogP contribution in [-0.2, 0) is 11.8 Å². The van der Waals surface area contributed by atoms with Crippen LogP contribution in [0.3, 0.4) is 0 Å². The Labute approximate surface area is 120 Å². The van der Waals surface area contributed by atoms with Gasteiger partial charge in [-0.1, -0.05) is 0 Å². The number of aryl methyl sites for hydroxylation is 1. The Balaban J connectivity index is 1.68. The molecule has 1 N–H and O–H groups in total. The minimum atomic E-state index is -0.456. The maximum Gasteiger partial charge on any atom is 0.252 e. The predicted molar refractivity (Wildman–Crippen MR) is 75.8 cm³/mol. The van der Waals surface area contributed by atoms with Gasteiger partial charge >= 0.3 is 0 Å². The topological polar surface area (TPSA) is 67.2 Å². The van der Waals surface area contributed by atoms with Crippen LogP contribution in [0.4, 0.5) is 5.69 Å². The Bertz CT molecular complexity index is 635. The molecule has 0 spiro atoms. The summed E-state index contributed by atoms with van der Waals surface area (Å²) in [7, 11) is 1.81. The van der Waals surface area contributed by atoms with Crippen molar-refractivity contribution in [2.75, 3.05) is 11.4 Å². The average molecular weight is 290 g/mol. The van der Waals surface area contributed by atoms with Crippen molar-refractivity contribution < 1.29 is 9.59 Å². The number of carbonyl (C=O) groups is 2. The fourth-order valence-electron chi connectivity index (χ4n) is 2.25. The van der Waals surface area contributed by atoms with Gasteiger partial charge in [0.15, 0.2) is 0 Å². The highest BCUT2D eigenvalue weighted by Crippen LogP contribution is 2.21. The maximum atomic E-state index is 12.3. The zero-order valence-corrected chi connectivity index (χ0v) is 11.8. The van der Waals surface area contributed by atoms with Gasteiger partial charge in [0, 0.05) is 25.2 Å². The molecule has 1 aliphatic rings. The normalized spacial score (nSPS) is 18.6. The van der Waals surface area contributed by atoms with Gasteiger partial charge in [-0.3, -0.25) is 14.3 Å². The molecule has 1 aliphatic heterocycles. The van der Waals surface area contributed by atoms with E-state index in [0.29, 0.717) is 18.5 Å². The Morgan fingerprint density at radius 3 is 3.05 bits per heavy atom. The molecular formula is C13H14N4O2S. The van der Waals surface area contributed by atoms with Gasteiger partial charge in [0.1, 0.15) is 6.04 Å². The summed E-state index contributed by atoms with van der Waals surface area (Å²) >= 11 is 1.46. The van der Waals surface area contributed by atoms with E-state index in [4.69, 9.17) is 0 Å². The van der Waals surface area contributed by atoms with E-state index in [2.05, 4.69) is 10.4 Å². The zero-order chi connectivity index (χ0) is 14.1. The molecule has 104 valence electrons. The van der Waals surface area contributed by atoms with Crippen LogP contribution in [0.1, 0.15) is 16.8 Å². The van der Waals surface area contributed by atoms with Crippen molar-refractivity contribution in [3.63, 3.8) is 0 Å². The molecule has 1 fully saturated rings. The van der Waals surface area contributed by atoms with Gasteiger partial charge in [-0.15, -0.1) is 0 Å². The number of nitrogens with zero attached hydrogens (tertiary/aromatic N) is 3. The van der Waals surface area contributed by atoms with Gasteiger partial charge in [0.05, 0.1) is 17.4 Å². The first-order valence-corrected chi connectivity index (χ1v) is 7.22. The molecule has 2 aromatic rings. The van der Waals surface area contributed by atoms with Crippen molar-refractivity contribution in [2.24, 2.45) is 7.05 Å². The summed E-state index contributed by atoms with van der Waals surface area (Å²) in [5, 5.41) is 10.5. The van der Waals surface area contributed by atoms with Crippen LogP contribution in [0, 0.1) is 0 Å². The second kappa shape index (κ2) is 5.09. The number of thiophene rings is 1. The summed E-state index contributed by atoms with van der Waals surface area (Å²) in [5.74, 6) is -0.279. The summed E-state index contributed by atoms with van der Waals surface area (Å²) in [6.07, 6.45) is 4.06. The molecular weight excluding hydrogens is 276 g/mol. The van der Waals surface area contributed by atoms with E-state index >= 15 is 0 Å². The van der Waals surface area contributed by atoms with Crippen molar-refractivity contribution in [3.05, 3.63) is 34.8 Å². The number of hydrogen-bond donors (Lipinski definition) is 1. The zero-order valence-electron chi connectivity index (χ0n) is 10.9. The summed E-state index contributed by atoms with van der Waals surface area (Å²) in [4.78, 5) is 25.9. The molecule has 0 radical (unpaired) electrons. The lowest BCUT2D eigenvalue weighted by molar-refractivity contribution is -0.118. The SMILES string of the molecule is Cn1cc(N2CC[C@@H](NC(=O)c3ccsc3)C2=O)cn1. The van der Waals surface area contributed by atoms with Crippen molar-refractivity contribution in [2.45, 2.75) is 12.5 Å². The van der Waals surface area contributed by atoms with Crippen LogP contribution in [0.5, 0.6) is 0 Å². The lowest BCUT2D eigenvalue weighted by Crippen LogP contribution is -2.41. The van der Waals surface area contributed by atoms with Gasteiger partial charge in [0.2, 0.25) is 5.91 Å². The molecule has 1 saturated heterocycles. The first-order valence-electron chi connectivity index (χ1n) is 6.28. The van der Waals surface area contributed by atoms with Crippen LogP contribution < -0.4 is 10.2 Å². The highest BCUT2D eigenvalue weighted by molar-refractivity contribution is 7.08. The van der Waals surface area contributed by atoms with Gasteiger partial charge in [0.25, 0.3) is 5.91 Å². The molecule has 1 atom stereocenters. The molecule has 0 aromatic carbocycles. The quantitative estimate of drug-likeness (QED) is 0.917. The predicted octanol–water partition coefficient (Wildman–Crippen LogP) is 1.02. The lowest BCUT2D eigenvalue weighted by Gasteiger charge is -2.14. The van der Waals surface area contributed by atoms with Gasteiger partial charge in [-0.25, -0.2) is 0 Å². The third-order valence-electron chi connectivity index (χ3n) is 3.30. The molecule has 0 aliphatic carbocycles. The maximum absolute atomic E-state index is 12.3. The van der Waals surface area contributed by atoms with Crippen LogP contribution in [-0.4, -0.2) is 34.2 Å². The number of nitrogens with one attached hydrogen (secondary N) is 1. The van der Waals surface area contributed by atoms with Crippen LogP contribution in [0.25, 0.3) is 0 Å². The summed E-state index contributed by atoms with van der Waals surface area (Å²) in [6.45, 7) is 0.596. The second-order valence-corrected chi connectivity index (χ2v) is 5.47. The molecule has 0 bridgehead atoms.